The molecule has 0 aliphatic heterocycles. The number of hydrogen-bond donors (Lipinski definition) is 1. The number of furan rings is 1. The van der Waals surface area contributed by atoms with Crippen LogP contribution in [-0.2, 0) is 0 Å². The Hall–Kier alpha value is -1.10. The molecule has 0 bridgehead atoms. The van der Waals surface area contributed by atoms with Crippen LogP contribution in [0, 0.1) is 0 Å². The molecule has 0 saturated heterocycles. The molecule has 0 fully saturated rings. The van der Waals surface area contributed by atoms with E-state index < -0.39 is 0 Å². The number of fused-ring (bicyclic) bond motifs is 1. The van der Waals surface area contributed by atoms with Crippen molar-refractivity contribution in [3.05, 3.63) is 57.8 Å². The van der Waals surface area contributed by atoms with Gasteiger partial charge < -0.3 is 9.73 Å². The SMILES string of the molecule is CNC(c1ccc(Br)o1)c1csc2ccccc12. The van der Waals surface area contributed by atoms with Crippen LogP contribution < -0.4 is 5.32 Å². The van der Waals surface area contributed by atoms with Crippen molar-refractivity contribution in [1.82, 2.24) is 5.32 Å². The second kappa shape index (κ2) is 4.88. The normalized spacial score (nSPS) is 13.0. The van der Waals surface area contributed by atoms with Crippen LogP contribution in [0.3, 0.4) is 0 Å². The molecule has 3 aromatic rings. The number of rotatable bonds is 3. The lowest BCUT2D eigenvalue weighted by atomic mass is 10.0. The predicted molar refractivity (Wildman–Crippen MR) is 79.1 cm³/mol. The predicted octanol–water partition coefficient (Wildman–Crippen LogP) is 4.57. The van der Waals surface area contributed by atoms with Gasteiger partial charge in [-0.15, -0.1) is 11.3 Å². The van der Waals surface area contributed by atoms with E-state index in [0.717, 1.165) is 10.4 Å². The third-order valence-corrected chi connectivity index (χ3v) is 4.40. The maximum Gasteiger partial charge on any atom is 0.169 e. The highest BCUT2D eigenvalue weighted by Crippen LogP contribution is 2.34. The zero-order valence-electron chi connectivity index (χ0n) is 9.81. The molecule has 1 atom stereocenters. The van der Waals surface area contributed by atoms with Crippen LogP contribution in [0.1, 0.15) is 17.4 Å². The first-order chi connectivity index (χ1) is 8.79. The molecule has 0 aliphatic carbocycles. The van der Waals surface area contributed by atoms with Crippen molar-refractivity contribution in [2.75, 3.05) is 7.05 Å². The van der Waals surface area contributed by atoms with E-state index in [1.807, 2.05) is 19.2 Å². The fourth-order valence-corrected chi connectivity index (χ4v) is 3.46. The van der Waals surface area contributed by atoms with Gasteiger partial charge in [0.1, 0.15) is 5.76 Å². The van der Waals surface area contributed by atoms with E-state index in [-0.39, 0.29) is 6.04 Å². The Morgan fingerprint density at radius 3 is 2.78 bits per heavy atom. The van der Waals surface area contributed by atoms with Gasteiger partial charge >= 0.3 is 0 Å². The lowest BCUT2D eigenvalue weighted by Gasteiger charge is -2.12. The van der Waals surface area contributed by atoms with Gasteiger partial charge in [0.25, 0.3) is 0 Å². The van der Waals surface area contributed by atoms with Crippen molar-refractivity contribution in [3.63, 3.8) is 0 Å². The molecule has 18 heavy (non-hydrogen) atoms. The van der Waals surface area contributed by atoms with Crippen LogP contribution >= 0.6 is 27.3 Å². The van der Waals surface area contributed by atoms with E-state index in [4.69, 9.17) is 4.42 Å². The van der Waals surface area contributed by atoms with E-state index in [1.165, 1.54) is 15.6 Å². The Bertz CT molecular complexity index is 673. The average molecular weight is 322 g/mol. The number of halogens is 1. The summed E-state index contributed by atoms with van der Waals surface area (Å²) in [5.74, 6) is 0.924. The van der Waals surface area contributed by atoms with E-state index in [1.54, 1.807) is 11.3 Å². The van der Waals surface area contributed by atoms with Crippen molar-refractivity contribution in [3.8, 4) is 0 Å². The Morgan fingerprint density at radius 2 is 2.06 bits per heavy atom. The Kier molecular flexibility index (Phi) is 3.24. The highest BCUT2D eigenvalue weighted by Gasteiger charge is 2.19. The van der Waals surface area contributed by atoms with Crippen molar-refractivity contribution < 1.29 is 4.42 Å². The van der Waals surface area contributed by atoms with Crippen LogP contribution in [0.15, 0.2) is 50.9 Å². The average Bonchev–Trinajstić information content (AvgIpc) is 2.98. The molecule has 0 spiro atoms. The van der Waals surface area contributed by atoms with E-state index in [9.17, 15) is 0 Å². The lowest BCUT2D eigenvalue weighted by molar-refractivity contribution is 0.448. The van der Waals surface area contributed by atoms with Crippen molar-refractivity contribution in [1.29, 1.82) is 0 Å². The molecule has 2 nitrogen and oxygen atoms in total. The van der Waals surface area contributed by atoms with Gasteiger partial charge in [-0.1, -0.05) is 18.2 Å². The molecular formula is C14H12BrNOS. The van der Waals surface area contributed by atoms with Gasteiger partial charge in [-0.25, -0.2) is 0 Å². The number of thiophene rings is 1. The molecule has 1 aromatic carbocycles. The maximum atomic E-state index is 5.67. The van der Waals surface area contributed by atoms with E-state index >= 15 is 0 Å². The smallest absolute Gasteiger partial charge is 0.169 e. The molecule has 92 valence electrons. The monoisotopic (exact) mass is 321 g/mol. The molecule has 0 amide bonds. The summed E-state index contributed by atoms with van der Waals surface area (Å²) in [7, 11) is 1.95. The molecule has 0 aliphatic rings. The van der Waals surface area contributed by atoms with Gasteiger partial charge in [0, 0.05) is 4.70 Å². The summed E-state index contributed by atoms with van der Waals surface area (Å²) in [6, 6.07) is 12.5. The second-order valence-corrected chi connectivity index (χ2v) is 5.74. The topological polar surface area (TPSA) is 25.2 Å². The fourth-order valence-electron chi connectivity index (χ4n) is 2.16. The third-order valence-electron chi connectivity index (χ3n) is 2.99. The molecule has 3 rings (SSSR count). The number of nitrogens with one attached hydrogen (secondary N) is 1. The van der Waals surface area contributed by atoms with Crippen molar-refractivity contribution in [2.45, 2.75) is 6.04 Å². The third kappa shape index (κ3) is 2.00. The minimum Gasteiger partial charge on any atom is -0.452 e. The first-order valence-electron chi connectivity index (χ1n) is 5.68. The first-order valence-corrected chi connectivity index (χ1v) is 7.35. The summed E-state index contributed by atoms with van der Waals surface area (Å²) in [5.41, 5.74) is 1.26. The van der Waals surface area contributed by atoms with Crippen LogP contribution in [0.25, 0.3) is 10.1 Å². The summed E-state index contributed by atoms with van der Waals surface area (Å²) in [4.78, 5) is 0. The van der Waals surface area contributed by atoms with Crippen molar-refractivity contribution >= 4 is 37.4 Å². The van der Waals surface area contributed by atoms with Crippen molar-refractivity contribution in [2.24, 2.45) is 0 Å². The van der Waals surface area contributed by atoms with Crippen LogP contribution in [0.4, 0.5) is 0 Å². The molecular weight excluding hydrogens is 310 g/mol. The largest absolute Gasteiger partial charge is 0.452 e. The first kappa shape index (κ1) is 12.0. The maximum absolute atomic E-state index is 5.67. The van der Waals surface area contributed by atoms with Gasteiger partial charge in [0.05, 0.1) is 6.04 Å². The quantitative estimate of drug-likeness (QED) is 0.764. The Balaban J connectivity index is 2.11. The van der Waals surface area contributed by atoms with Gasteiger partial charge in [0.2, 0.25) is 0 Å². The van der Waals surface area contributed by atoms with E-state index in [2.05, 4.69) is 50.9 Å². The van der Waals surface area contributed by atoms with Gasteiger partial charge in [-0.3, -0.25) is 0 Å². The number of benzene rings is 1. The highest BCUT2D eigenvalue weighted by molar-refractivity contribution is 9.10. The Morgan fingerprint density at radius 1 is 1.22 bits per heavy atom. The zero-order valence-corrected chi connectivity index (χ0v) is 12.2. The van der Waals surface area contributed by atoms with E-state index in [0.29, 0.717) is 0 Å². The molecule has 4 heteroatoms. The molecule has 2 heterocycles. The van der Waals surface area contributed by atoms with Crippen LogP contribution in [-0.4, -0.2) is 7.05 Å². The van der Waals surface area contributed by atoms with Crippen LogP contribution in [0.5, 0.6) is 0 Å². The van der Waals surface area contributed by atoms with Gasteiger partial charge in [-0.05, 0) is 57.5 Å². The fraction of sp³-hybridized carbons (Fsp3) is 0.143. The van der Waals surface area contributed by atoms with Gasteiger partial charge in [-0.2, -0.15) is 0 Å². The minimum atomic E-state index is 0.0902. The molecule has 0 saturated carbocycles. The molecule has 1 unspecified atom stereocenters. The highest BCUT2D eigenvalue weighted by atomic mass is 79.9. The second-order valence-electron chi connectivity index (χ2n) is 4.05. The molecule has 2 aromatic heterocycles. The Labute approximate surface area is 118 Å². The number of hydrogen-bond acceptors (Lipinski definition) is 3. The summed E-state index contributed by atoms with van der Waals surface area (Å²) < 4.78 is 7.73. The van der Waals surface area contributed by atoms with Crippen LogP contribution in [0.2, 0.25) is 0 Å². The summed E-state index contributed by atoms with van der Waals surface area (Å²) >= 11 is 5.12. The molecule has 1 N–H and O–H groups in total. The summed E-state index contributed by atoms with van der Waals surface area (Å²) in [5, 5.41) is 6.80. The minimum absolute atomic E-state index is 0.0902. The lowest BCUT2D eigenvalue weighted by Crippen LogP contribution is -2.16. The summed E-state index contributed by atoms with van der Waals surface area (Å²) in [6.07, 6.45) is 0. The van der Waals surface area contributed by atoms with Gasteiger partial charge in [0.15, 0.2) is 4.67 Å². The standard InChI is InChI=1S/C14H12BrNOS/c1-16-14(11-6-7-13(15)17-11)10-8-18-12-5-3-2-4-9(10)12/h2-8,14,16H,1H3. The molecule has 0 radical (unpaired) electrons. The zero-order chi connectivity index (χ0) is 12.5. The summed E-state index contributed by atoms with van der Waals surface area (Å²) in [6.45, 7) is 0.